The molecular formula is C8H9N3S. The maximum absolute atomic E-state index is 5.66. The van der Waals surface area contributed by atoms with E-state index in [1.807, 2.05) is 0 Å². The summed E-state index contributed by atoms with van der Waals surface area (Å²) in [5.41, 5.74) is 2.34. The van der Waals surface area contributed by atoms with Gasteiger partial charge in [-0.3, -0.25) is 4.68 Å². The summed E-state index contributed by atoms with van der Waals surface area (Å²) in [7, 11) is 0. The van der Waals surface area contributed by atoms with Gasteiger partial charge in [-0.15, -0.1) is 0 Å². The molecule has 0 amide bonds. The number of hydrogen-bond acceptors (Lipinski definition) is 3. The predicted molar refractivity (Wildman–Crippen MR) is 50.4 cm³/mol. The second-order valence-electron chi connectivity index (χ2n) is 2.63. The van der Waals surface area contributed by atoms with Crippen LogP contribution in [0.1, 0.15) is 5.56 Å². The summed E-state index contributed by atoms with van der Waals surface area (Å²) < 4.78 is 1.54. The van der Waals surface area contributed by atoms with E-state index in [1.54, 1.807) is 23.7 Å². The zero-order chi connectivity index (χ0) is 8.55. The van der Waals surface area contributed by atoms with E-state index in [0.29, 0.717) is 0 Å². The van der Waals surface area contributed by atoms with Crippen molar-refractivity contribution in [2.45, 2.75) is 6.92 Å². The van der Waals surface area contributed by atoms with E-state index < -0.39 is 0 Å². The molecule has 12 heavy (non-hydrogen) atoms. The van der Waals surface area contributed by atoms with Gasteiger partial charge in [0.15, 0.2) is 5.82 Å². The van der Waals surface area contributed by atoms with Crippen LogP contribution in [0.4, 0.5) is 0 Å². The SMILES string of the molecule is Cc1cscc1-c1nccn1N. The van der Waals surface area contributed by atoms with Crippen molar-refractivity contribution in [2.75, 3.05) is 5.84 Å². The monoisotopic (exact) mass is 179 g/mol. The molecule has 0 saturated heterocycles. The Balaban J connectivity index is 2.57. The van der Waals surface area contributed by atoms with E-state index in [4.69, 9.17) is 5.84 Å². The minimum Gasteiger partial charge on any atom is -0.338 e. The number of thiophene rings is 1. The minimum absolute atomic E-state index is 0.828. The molecule has 0 spiro atoms. The topological polar surface area (TPSA) is 43.8 Å². The van der Waals surface area contributed by atoms with Crippen molar-refractivity contribution in [1.29, 1.82) is 0 Å². The Labute approximate surface area is 74.4 Å². The zero-order valence-corrected chi connectivity index (χ0v) is 7.51. The normalized spacial score (nSPS) is 10.4. The molecule has 2 aromatic rings. The van der Waals surface area contributed by atoms with Crippen LogP contribution in [0.5, 0.6) is 0 Å². The van der Waals surface area contributed by atoms with Crippen LogP contribution in [0.2, 0.25) is 0 Å². The van der Waals surface area contributed by atoms with E-state index >= 15 is 0 Å². The number of nitrogens with zero attached hydrogens (tertiary/aromatic N) is 2. The number of aromatic nitrogens is 2. The molecule has 0 fully saturated rings. The van der Waals surface area contributed by atoms with E-state index in [9.17, 15) is 0 Å². The van der Waals surface area contributed by atoms with Crippen molar-refractivity contribution < 1.29 is 0 Å². The van der Waals surface area contributed by atoms with Crippen molar-refractivity contribution in [3.8, 4) is 11.4 Å². The van der Waals surface area contributed by atoms with E-state index in [0.717, 1.165) is 11.4 Å². The maximum atomic E-state index is 5.66. The van der Waals surface area contributed by atoms with Crippen LogP contribution in [0.25, 0.3) is 11.4 Å². The summed E-state index contributed by atoms with van der Waals surface area (Å²) >= 11 is 1.66. The molecule has 2 N–H and O–H groups in total. The zero-order valence-electron chi connectivity index (χ0n) is 6.69. The Morgan fingerprint density at radius 2 is 2.33 bits per heavy atom. The van der Waals surface area contributed by atoms with E-state index in [-0.39, 0.29) is 0 Å². The summed E-state index contributed by atoms with van der Waals surface area (Å²) in [5.74, 6) is 6.49. The van der Waals surface area contributed by atoms with Crippen molar-refractivity contribution >= 4 is 11.3 Å². The van der Waals surface area contributed by atoms with Crippen LogP contribution in [-0.2, 0) is 0 Å². The second-order valence-corrected chi connectivity index (χ2v) is 3.37. The molecule has 0 aromatic carbocycles. The first kappa shape index (κ1) is 7.36. The second kappa shape index (κ2) is 2.64. The number of nitrogen functional groups attached to an aromatic ring is 1. The Hall–Kier alpha value is -1.29. The number of nitrogens with two attached hydrogens (primary N) is 1. The van der Waals surface area contributed by atoms with Crippen LogP contribution in [0.15, 0.2) is 23.2 Å². The standard InChI is InChI=1S/C8H9N3S/c1-6-4-12-5-7(6)8-10-2-3-11(8)9/h2-5H,9H2,1H3. The lowest BCUT2D eigenvalue weighted by Crippen LogP contribution is -2.08. The highest BCUT2D eigenvalue weighted by molar-refractivity contribution is 7.08. The van der Waals surface area contributed by atoms with Gasteiger partial charge < -0.3 is 5.84 Å². The van der Waals surface area contributed by atoms with Gasteiger partial charge in [-0.25, -0.2) is 4.98 Å². The molecule has 0 aliphatic rings. The number of aryl methyl sites for hydroxylation is 1. The third-order valence-corrected chi connectivity index (χ3v) is 2.63. The highest BCUT2D eigenvalue weighted by Gasteiger charge is 2.06. The third-order valence-electron chi connectivity index (χ3n) is 1.77. The Morgan fingerprint density at radius 3 is 2.83 bits per heavy atom. The summed E-state index contributed by atoms with van der Waals surface area (Å²) in [6.07, 6.45) is 3.44. The van der Waals surface area contributed by atoms with Crippen molar-refractivity contribution in [3.05, 3.63) is 28.7 Å². The first-order chi connectivity index (χ1) is 5.79. The van der Waals surface area contributed by atoms with Gasteiger partial charge in [0.2, 0.25) is 0 Å². The van der Waals surface area contributed by atoms with Gasteiger partial charge in [0.05, 0.1) is 0 Å². The lowest BCUT2D eigenvalue weighted by molar-refractivity contribution is 1.01. The van der Waals surface area contributed by atoms with Crippen molar-refractivity contribution in [1.82, 2.24) is 9.66 Å². The molecule has 0 radical (unpaired) electrons. The van der Waals surface area contributed by atoms with Gasteiger partial charge in [0.25, 0.3) is 0 Å². The molecule has 0 saturated carbocycles. The smallest absolute Gasteiger partial charge is 0.159 e. The highest BCUT2D eigenvalue weighted by atomic mass is 32.1. The largest absolute Gasteiger partial charge is 0.338 e. The molecule has 0 aliphatic heterocycles. The molecule has 0 bridgehead atoms. The summed E-state index contributed by atoms with van der Waals surface area (Å²) in [5, 5.41) is 4.14. The molecule has 3 nitrogen and oxygen atoms in total. The summed E-state index contributed by atoms with van der Waals surface area (Å²) in [6.45, 7) is 2.06. The van der Waals surface area contributed by atoms with Gasteiger partial charge in [-0.2, -0.15) is 11.3 Å². The molecular weight excluding hydrogens is 170 g/mol. The average Bonchev–Trinajstić information content (AvgIpc) is 2.59. The quantitative estimate of drug-likeness (QED) is 0.676. The van der Waals surface area contributed by atoms with Crippen LogP contribution in [0.3, 0.4) is 0 Å². The molecule has 0 atom stereocenters. The van der Waals surface area contributed by atoms with Gasteiger partial charge in [-0.1, -0.05) is 0 Å². The Kier molecular flexibility index (Phi) is 1.62. The molecule has 0 aliphatic carbocycles. The van der Waals surface area contributed by atoms with Gasteiger partial charge in [-0.05, 0) is 17.9 Å². The molecule has 62 valence electrons. The Morgan fingerprint density at radius 1 is 1.50 bits per heavy atom. The molecule has 4 heteroatoms. The van der Waals surface area contributed by atoms with Crippen molar-refractivity contribution in [3.63, 3.8) is 0 Å². The van der Waals surface area contributed by atoms with Gasteiger partial charge in [0, 0.05) is 23.3 Å². The van der Waals surface area contributed by atoms with Gasteiger partial charge >= 0.3 is 0 Å². The first-order valence-electron chi connectivity index (χ1n) is 3.60. The van der Waals surface area contributed by atoms with Crippen LogP contribution < -0.4 is 5.84 Å². The number of rotatable bonds is 1. The lowest BCUT2D eigenvalue weighted by Gasteiger charge is -1.99. The fourth-order valence-corrected chi connectivity index (χ4v) is 1.94. The molecule has 2 rings (SSSR count). The summed E-state index contributed by atoms with van der Waals surface area (Å²) in [6, 6.07) is 0. The molecule has 2 aromatic heterocycles. The maximum Gasteiger partial charge on any atom is 0.159 e. The predicted octanol–water partition coefficient (Wildman–Crippen LogP) is 1.63. The number of imidazole rings is 1. The lowest BCUT2D eigenvalue weighted by atomic mass is 10.2. The highest BCUT2D eigenvalue weighted by Crippen LogP contribution is 2.23. The molecule has 0 unspecified atom stereocenters. The fraction of sp³-hybridized carbons (Fsp3) is 0.125. The molecule has 2 heterocycles. The van der Waals surface area contributed by atoms with Crippen molar-refractivity contribution in [2.24, 2.45) is 0 Å². The van der Waals surface area contributed by atoms with Gasteiger partial charge in [0.1, 0.15) is 0 Å². The van der Waals surface area contributed by atoms with Crippen LogP contribution >= 0.6 is 11.3 Å². The number of hydrogen-bond donors (Lipinski definition) is 1. The fourth-order valence-electron chi connectivity index (χ4n) is 1.11. The summed E-state index contributed by atoms with van der Waals surface area (Å²) in [4.78, 5) is 4.16. The minimum atomic E-state index is 0.828. The average molecular weight is 179 g/mol. The van der Waals surface area contributed by atoms with E-state index in [1.165, 1.54) is 10.2 Å². The first-order valence-corrected chi connectivity index (χ1v) is 4.55. The van der Waals surface area contributed by atoms with Crippen LogP contribution in [-0.4, -0.2) is 9.66 Å². The van der Waals surface area contributed by atoms with Crippen LogP contribution in [0, 0.1) is 6.92 Å². The van der Waals surface area contributed by atoms with E-state index in [2.05, 4.69) is 22.7 Å². The third kappa shape index (κ3) is 1.00. The Bertz CT molecular complexity index is 350.